The van der Waals surface area contributed by atoms with E-state index in [2.05, 4.69) is 77.0 Å². The van der Waals surface area contributed by atoms with Gasteiger partial charge in [0.1, 0.15) is 0 Å². The summed E-state index contributed by atoms with van der Waals surface area (Å²) in [4.78, 5) is 8.03. The second-order valence-electron chi connectivity index (χ2n) is 12.2. The van der Waals surface area contributed by atoms with Gasteiger partial charge in [-0.3, -0.25) is 0 Å². The predicted octanol–water partition coefficient (Wildman–Crippen LogP) is 8.00. The van der Waals surface area contributed by atoms with Gasteiger partial charge in [-0.25, -0.2) is 0 Å². The highest BCUT2D eigenvalue weighted by atomic mass is 28.2. The Balaban J connectivity index is 5.53. The molecule has 0 aliphatic carbocycles. The van der Waals surface area contributed by atoms with Crippen LogP contribution in [0.4, 0.5) is 0 Å². The van der Waals surface area contributed by atoms with Gasteiger partial charge in [-0.1, -0.05) is 55.4 Å². The molecule has 0 rings (SSSR count). The van der Waals surface area contributed by atoms with E-state index < -0.39 is 9.76 Å². The van der Waals surface area contributed by atoms with Gasteiger partial charge in [0, 0.05) is 0 Å². The van der Waals surface area contributed by atoms with Gasteiger partial charge in [-0.2, -0.15) is 0 Å². The third-order valence-corrected chi connectivity index (χ3v) is 10.8. The lowest BCUT2D eigenvalue weighted by molar-refractivity contribution is 0.0829. The van der Waals surface area contributed by atoms with Gasteiger partial charge in [0.2, 0.25) is 0 Å². The second-order valence-corrected chi connectivity index (χ2v) is 13.6. The molecule has 0 bridgehead atoms. The van der Waals surface area contributed by atoms with Crippen molar-refractivity contribution in [1.29, 1.82) is 0 Å². The largest absolute Gasteiger partial charge is 0.419 e. The topological polar surface area (TPSA) is 19.0 Å². The van der Waals surface area contributed by atoms with E-state index in [0.29, 0.717) is 5.41 Å². The summed E-state index contributed by atoms with van der Waals surface area (Å²) in [7, 11) is -0.480. The van der Waals surface area contributed by atoms with Crippen LogP contribution in [0.3, 0.4) is 0 Å². The average Bonchev–Trinajstić information content (AvgIpc) is 2.93. The molecule has 0 fully saturated rings. The van der Waals surface area contributed by atoms with Crippen molar-refractivity contribution in [3.8, 4) is 0 Å². The summed E-state index contributed by atoms with van der Waals surface area (Å²) in [5.41, 5.74) is 0.605. The smallest absolute Gasteiger partial charge is 0.162 e. The summed E-state index contributed by atoms with van der Waals surface area (Å²) in [5, 5.41) is 0. The Morgan fingerprint density at radius 3 is 1.18 bits per heavy atom. The SMILES string of the molecule is CCCN(CC)CCCC(CCCN(CC)CCC)(CCCN(CC)CCC)CC[SiH2]OC(C)(CC)CC. The Bertz CT molecular complexity index is 464. The third kappa shape index (κ3) is 17.0. The minimum atomic E-state index is -0.480. The van der Waals surface area contributed by atoms with Crippen molar-refractivity contribution < 1.29 is 4.43 Å². The van der Waals surface area contributed by atoms with Crippen molar-refractivity contribution in [3.63, 3.8) is 0 Å². The Kier molecular flexibility index (Phi) is 23.8. The molecular weight excluding hydrogens is 482 g/mol. The Hall–Kier alpha value is 0.0569. The fraction of sp³-hybridized carbons (Fsp3) is 1.00. The molecule has 5 heteroatoms. The van der Waals surface area contributed by atoms with Crippen LogP contribution in [0, 0.1) is 5.41 Å². The summed E-state index contributed by atoms with van der Waals surface area (Å²) < 4.78 is 6.61. The van der Waals surface area contributed by atoms with Crippen molar-refractivity contribution in [1.82, 2.24) is 14.7 Å². The standard InChI is InChI=1S/C33H73N3OSi/c1-10-25-34(15-6)28-18-21-33(22-19-29-35(16-7)26-11-2,23-20-30-36(17-8)27-12-3)24-31-38-37-32(9,13-4)14-5/h10-31,38H2,1-9H3. The number of nitrogens with zero attached hydrogens (tertiary/aromatic N) is 3. The normalized spacial score (nSPS) is 13.3. The molecule has 0 unspecified atom stereocenters. The average molecular weight is 556 g/mol. The van der Waals surface area contributed by atoms with E-state index >= 15 is 0 Å². The van der Waals surface area contributed by atoms with Crippen molar-refractivity contribution >= 4 is 9.76 Å². The molecular formula is C33H73N3OSi. The molecule has 0 radical (unpaired) electrons. The fourth-order valence-corrected chi connectivity index (χ4v) is 8.18. The highest BCUT2D eigenvalue weighted by molar-refractivity contribution is 6.27. The van der Waals surface area contributed by atoms with Crippen LogP contribution in [0.5, 0.6) is 0 Å². The summed E-state index contributed by atoms with van der Waals surface area (Å²) in [6.07, 6.45) is 15.8. The lowest BCUT2D eigenvalue weighted by Crippen LogP contribution is -2.32. The van der Waals surface area contributed by atoms with Gasteiger partial charge in [0.05, 0.1) is 5.60 Å². The van der Waals surface area contributed by atoms with Crippen LogP contribution in [-0.4, -0.2) is 89.0 Å². The maximum Gasteiger partial charge on any atom is 0.162 e. The molecule has 0 heterocycles. The van der Waals surface area contributed by atoms with Gasteiger partial charge in [0.25, 0.3) is 0 Å². The summed E-state index contributed by atoms with van der Waals surface area (Å²) in [6, 6.07) is 1.35. The van der Waals surface area contributed by atoms with Crippen LogP contribution in [0.15, 0.2) is 0 Å². The Labute approximate surface area is 244 Å². The molecule has 0 aliphatic heterocycles. The molecule has 0 aromatic carbocycles. The number of hydrogen-bond acceptors (Lipinski definition) is 4. The van der Waals surface area contributed by atoms with E-state index in [0.717, 1.165) is 12.8 Å². The Morgan fingerprint density at radius 2 is 0.895 bits per heavy atom. The first-order valence-electron chi connectivity index (χ1n) is 17.1. The van der Waals surface area contributed by atoms with Crippen LogP contribution in [0.25, 0.3) is 0 Å². The highest BCUT2D eigenvalue weighted by Crippen LogP contribution is 2.40. The molecule has 0 atom stereocenters. The second kappa shape index (κ2) is 23.7. The molecule has 4 nitrogen and oxygen atoms in total. The van der Waals surface area contributed by atoms with Crippen LogP contribution in [0.1, 0.15) is 139 Å². The molecule has 38 heavy (non-hydrogen) atoms. The minimum Gasteiger partial charge on any atom is -0.419 e. The molecule has 0 spiro atoms. The van der Waals surface area contributed by atoms with Crippen molar-refractivity contribution in [2.75, 3.05) is 58.9 Å². The van der Waals surface area contributed by atoms with Crippen molar-refractivity contribution in [2.24, 2.45) is 5.41 Å². The van der Waals surface area contributed by atoms with E-state index in [9.17, 15) is 0 Å². The van der Waals surface area contributed by atoms with Crippen LogP contribution < -0.4 is 0 Å². The van der Waals surface area contributed by atoms with Crippen LogP contribution in [0.2, 0.25) is 6.04 Å². The first-order chi connectivity index (χ1) is 18.3. The zero-order chi connectivity index (χ0) is 28.7. The van der Waals surface area contributed by atoms with Crippen LogP contribution >= 0.6 is 0 Å². The highest BCUT2D eigenvalue weighted by Gasteiger charge is 2.30. The maximum atomic E-state index is 6.61. The first-order valence-corrected chi connectivity index (χ1v) is 18.7. The van der Waals surface area contributed by atoms with E-state index in [1.807, 2.05) is 0 Å². The van der Waals surface area contributed by atoms with Gasteiger partial charge in [-0.15, -0.1) is 0 Å². The zero-order valence-electron chi connectivity index (χ0n) is 28.0. The van der Waals surface area contributed by atoms with Crippen molar-refractivity contribution in [2.45, 2.75) is 151 Å². The summed E-state index contributed by atoms with van der Waals surface area (Å²) in [5.74, 6) is 0. The molecule has 0 aliphatic rings. The molecule has 0 saturated heterocycles. The minimum absolute atomic E-state index is 0.111. The van der Waals surface area contributed by atoms with E-state index in [4.69, 9.17) is 4.43 Å². The third-order valence-electron chi connectivity index (χ3n) is 9.30. The lowest BCUT2D eigenvalue weighted by atomic mass is 9.73. The van der Waals surface area contributed by atoms with Gasteiger partial charge in [-0.05, 0) is 154 Å². The Morgan fingerprint density at radius 1 is 0.526 bits per heavy atom. The van der Waals surface area contributed by atoms with E-state index in [-0.39, 0.29) is 5.60 Å². The van der Waals surface area contributed by atoms with Gasteiger partial charge >= 0.3 is 0 Å². The van der Waals surface area contributed by atoms with Gasteiger partial charge < -0.3 is 19.1 Å². The van der Waals surface area contributed by atoms with Crippen LogP contribution in [-0.2, 0) is 4.43 Å². The predicted molar refractivity (Wildman–Crippen MR) is 175 cm³/mol. The van der Waals surface area contributed by atoms with Gasteiger partial charge in [0.15, 0.2) is 9.76 Å². The molecule has 0 amide bonds. The quantitative estimate of drug-likeness (QED) is 0.0719. The fourth-order valence-electron chi connectivity index (χ4n) is 6.24. The number of rotatable bonds is 28. The first kappa shape index (κ1) is 38.1. The molecule has 0 aromatic rings. The van der Waals surface area contributed by atoms with E-state index in [1.54, 1.807) is 0 Å². The lowest BCUT2D eigenvalue weighted by Gasteiger charge is -2.37. The van der Waals surface area contributed by atoms with Crippen molar-refractivity contribution in [3.05, 3.63) is 0 Å². The maximum absolute atomic E-state index is 6.61. The molecule has 230 valence electrons. The van der Waals surface area contributed by atoms with E-state index in [1.165, 1.54) is 129 Å². The molecule has 0 N–H and O–H groups in total. The zero-order valence-corrected chi connectivity index (χ0v) is 29.4. The summed E-state index contributed by atoms with van der Waals surface area (Å²) in [6.45, 7) is 32.1. The molecule has 0 aromatic heterocycles. The molecule has 0 saturated carbocycles. The number of hydrogen-bond donors (Lipinski definition) is 0. The monoisotopic (exact) mass is 556 g/mol. The summed E-state index contributed by atoms with van der Waals surface area (Å²) >= 11 is 0.